The monoisotopic (exact) mass is 256 g/mol. The molecular weight excluding hydrogens is 224 g/mol. The zero-order valence-electron chi connectivity index (χ0n) is 13.0. The van der Waals surface area contributed by atoms with Crippen LogP contribution in [0.3, 0.4) is 0 Å². The molecule has 0 spiro atoms. The van der Waals surface area contributed by atoms with Crippen molar-refractivity contribution in [3.8, 4) is 0 Å². The molecule has 0 aliphatic heterocycles. The summed E-state index contributed by atoms with van der Waals surface area (Å²) in [5, 5.41) is 3.66. The zero-order valence-corrected chi connectivity index (χ0v) is 13.0. The number of rotatable bonds is 7. The molecule has 2 unspecified atom stereocenters. The Morgan fingerprint density at radius 2 is 2.00 bits per heavy atom. The van der Waals surface area contributed by atoms with E-state index in [0.717, 1.165) is 32.2 Å². The van der Waals surface area contributed by atoms with E-state index in [4.69, 9.17) is 4.74 Å². The normalized spacial score (nSPS) is 27.7. The van der Waals surface area contributed by atoms with Gasteiger partial charge in [0.1, 0.15) is 0 Å². The van der Waals surface area contributed by atoms with Gasteiger partial charge in [0, 0.05) is 19.1 Å². The Labute approximate surface area is 113 Å². The van der Waals surface area contributed by atoms with Gasteiger partial charge >= 0.3 is 0 Å². The first-order chi connectivity index (χ1) is 8.41. The van der Waals surface area contributed by atoms with Crippen LogP contribution in [0.4, 0.5) is 0 Å². The molecule has 1 aliphatic carbocycles. The number of likely N-dealkylation sites (N-methyl/N-ethyl adjacent to an activating group) is 1. The molecule has 3 nitrogen and oxygen atoms in total. The van der Waals surface area contributed by atoms with E-state index in [9.17, 15) is 0 Å². The highest BCUT2D eigenvalue weighted by Crippen LogP contribution is 2.38. The number of hydrogen-bond donors (Lipinski definition) is 1. The fourth-order valence-electron chi connectivity index (χ4n) is 2.92. The summed E-state index contributed by atoms with van der Waals surface area (Å²) in [7, 11) is 4.15. The van der Waals surface area contributed by atoms with Gasteiger partial charge in [-0.3, -0.25) is 0 Å². The highest BCUT2D eigenvalue weighted by atomic mass is 16.5. The molecule has 0 radical (unpaired) electrons. The van der Waals surface area contributed by atoms with Crippen molar-refractivity contribution in [3.05, 3.63) is 0 Å². The lowest BCUT2D eigenvalue weighted by molar-refractivity contribution is 0.105. The van der Waals surface area contributed by atoms with Crippen LogP contribution in [0, 0.1) is 11.3 Å². The molecule has 0 bridgehead atoms. The number of nitrogens with zero attached hydrogens (tertiary/aromatic N) is 1. The molecule has 0 aromatic heterocycles. The second-order valence-corrected chi connectivity index (χ2v) is 6.86. The second kappa shape index (κ2) is 7.46. The summed E-state index contributed by atoms with van der Waals surface area (Å²) in [6.07, 6.45) is 3.99. The molecule has 3 heteroatoms. The fourth-order valence-corrected chi connectivity index (χ4v) is 2.92. The first-order valence-corrected chi connectivity index (χ1v) is 7.36. The zero-order chi connectivity index (χ0) is 13.6. The van der Waals surface area contributed by atoms with E-state index in [2.05, 4.69) is 45.1 Å². The van der Waals surface area contributed by atoms with E-state index in [1.165, 1.54) is 19.3 Å². The Kier molecular flexibility index (Phi) is 6.61. The van der Waals surface area contributed by atoms with E-state index >= 15 is 0 Å². The highest BCUT2D eigenvalue weighted by Gasteiger charge is 2.31. The maximum atomic E-state index is 5.61. The van der Waals surface area contributed by atoms with Gasteiger partial charge in [0.2, 0.25) is 0 Å². The first-order valence-electron chi connectivity index (χ1n) is 7.36. The first kappa shape index (κ1) is 15.9. The molecule has 0 amide bonds. The summed E-state index contributed by atoms with van der Waals surface area (Å²) in [6, 6.07) is 0.690. The molecule has 0 heterocycles. The van der Waals surface area contributed by atoms with Crippen molar-refractivity contribution in [2.75, 3.05) is 40.4 Å². The smallest absolute Gasteiger partial charge is 0.0593 e. The predicted octanol–water partition coefficient (Wildman–Crippen LogP) is 2.37. The van der Waals surface area contributed by atoms with Crippen LogP contribution < -0.4 is 5.32 Å². The molecule has 108 valence electrons. The largest absolute Gasteiger partial charge is 0.379 e. The topological polar surface area (TPSA) is 24.5 Å². The molecular formula is C15H32N2O. The SMILES string of the molecule is CC1CC(C)(C)CCC1NCCOCCN(C)C. The molecule has 1 N–H and O–H groups in total. The van der Waals surface area contributed by atoms with Crippen molar-refractivity contribution in [2.45, 2.75) is 46.1 Å². The molecule has 0 aromatic rings. The van der Waals surface area contributed by atoms with Gasteiger partial charge in [-0.2, -0.15) is 0 Å². The molecule has 1 saturated carbocycles. The van der Waals surface area contributed by atoms with E-state index < -0.39 is 0 Å². The lowest BCUT2D eigenvalue weighted by Gasteiger charge is -2.39. The molecule has 1 fully saturated rings. The summed E-state index contributed by atoms with van der Waals surface area (Å²) in [5.74, 6) is 0.788. The van der Waals surface area contributed by atoms with E-state index in [-0.39, 0.29) is 0 Å². The Bertz CT molecular complexity index is 229. The van der Waals surface area contributed by atoms with Gasteiger partial charge in [-0.1, -0.05) is 20.8 Å². The van der Waals surface area contributed by atoms with Crippen molar-refractivity contribution >= 4 is 0 Å². The number of hydrogen-bond acceptors (Lipinski definition) is 3. The molecule has 2 atom stereocenters. The molecule has 0 aromatic carbocycles. The maximum absolute atomic E-state index is 5.61. The third kappa shape index (κ3) is 6.17. The minimum absolute atomic E-state index is 0.541. The van der Waals surface area contributed by atoms with Gasteiger partial charge in [0.15, 0.2) is 0 Å². The molecule has 0 saturated heterocycles. The van der Waals surface area contributed by atoms with Crippen molar-refractivity contribution < 1.29 is 4.74 Å². The van der Waals surface area contributed by atoms with Crippen LogP contribution in [0.5, 0.6) is 0 Å². The van der Waals surface area contributed by atoms with Crippen LogP contribution in [0.1, 0.15) is 40.0 Å². The number of ether oxygens (including phenoxy) is 1. The van der Waals surface area contributed by atoms with E-state index in [0.29, 0.717) is 11.5 Å². The summed E-state index contributed by atoms with van der Waals surface area (Å²) >= 11 is 0. The van der Waals surface area contributed by atoms with Gasteiger partial charge in [0.25, 0.3) is 0 Å². The highest BCUT2D eigenvalue weighted by molar-refractivity contribution is 4.86. The third-order valence-corrected chi connectivity index (χ3v) is 4.03. The van der Waals surface area contributed by atoms with Crippen LogP contribution in [0.2, 0.25) is 0 Å². The molecule has 18 heavy (non-hydrogen) atoms. The van der Waals surface area contributed by atoms with E-state index in [1.807, 2.05) is 0 Å². The minimum Gasteiger partial charge on any atom is -0.379 e. The Balaban J connectivity index is 2.06. The minimum atomic E-state index is 0.541. The number of nitrogens with one attached hydrogen (secondary N) is 1. The van der Waals surface area contributed by atoms with Gasteiger partial charge in [0.05, 0.1) is 13.2 Å². The van der Waals surface area contributed by atoms with Crippen molar-refractivity contribution in [2.24, 2.45) is 11.3 Å². The van der Waals surface area contributed by atoms with Crippen molar-refractivity contribution in [1.29, 1.82) is 0 Å². The Morgan fingerprint density at radius 1 is 1.28 bits per heavy atom. The second-order valence-electron chi connectivity index (χ2n) is 6.86. The van der Waals surface area contributed by atoms with Crippen LogP contribution >= 0.6 is 0 Å². The summed E-state index contributed by atoms with van der Waals surface area (Å²) in [5.41, 5.74) is 0.541. The predicted molar refractivity (Wildman–Crippen MR) is 78.0 cm³/mol. The summed E-state index contributed by atoms with van der Waals surface area (Å²) in [4.78, 5) is 2.15. The van der Waals surface area contributed by atoms with Crippen molar-refractivity contribution in [3.63, 3.8) is 0 Å². The average molecular weight is 256 g/mol. The maximum Gasteiger partial charge on any atom is 0.0593 e. The van der Waals surface area contributed by atoms with Crippen LogP contribution in [-0.2, 0) is 4.74 Å². The van der Waals surface area contributed by atoms with Gasteiger partial charge < -0.3 is 15.0 Å². The third-order valence-electron chi connectivity index (χ3n) is 4.03. The van der Waals surface area contributed by atoms with Crippen LogP contribution in [0.15, 0.2) is 0 Å². The summed E-state index contributed by atoms with van der Waals surface area (Å²) < 4.78 is 5.61. The van der Waals surface area contributed by atoms with Crippen LogP contribution in [-0.4, -0.2) is 51.3 Å². The van der Waals surface area contributed by atoms with Crippen LogP contribution in [0.25, 0.3) is 0 Å². The average Bonchev–Trinajstić information content (AvgIpc) is 2.24. The lowest BCUT2D eigenvalue weighted by atomic mass is 9.70. The Hall–Kier alpha value is -0.120. The standard InChI is InChI=1S/C15H32N2O/c1-13-12-15(2,3)7-6-14(13)16-8-10-18-11-9-17(4)5/h13-14,16H,6-12H2,1-5H3. The van der Waals surface area contributed by atoms with Gasteiger partial charge in [-0.05, 0) is 44.7 Å². The fraction of sp³-hybridized carbons (Fsp3) is 1.00. The molecule has 1 aliphatic rings. The molecule has 1 rings (SSSR count). The van der Waals surface area contributed by atoms with Gasteiger partial charge in [-0.25, -0.2) is 0 Å². The van der Waals surface area contributed by atoms with Gasteiger partial charge in [-0.15, -0.1) is 0 Å². The quantitative estimate of drug-likeness (QED) is 0.708. The lowest BCUT2D eigenvalue weighted by Crippen LogP contribution is -2.42. The van der Waals surface area contributed by atoms with Crippen molar-refractivity contribution in [1.82, 2.24) is 10.2 Å². The Morgan fingerprint density at radius 3 is 2.61 bits per heavy atom. The van der Waals surface area contributed by atoms with E-state index in [1.54, 1.807) is 0 Å². The summed E-state index contributed by atoms with van der Waals surface area (Å²) in [6.45, 7) is 10.8.